The number of thiophene rings is 1. The minimum absolute atomic E-state index is 0.0205. The second-order valence-electron chi connectivity index (χ2n) is 13.5. The number of rotatable bonds is 9. The smallest absolute Gasteiger partial charge is 0.247 e. The molecule has 3 unspecified atom stereocenters. The van der Waals surface area contributed by atoms with Gasteiger partial charge in [-0.15, -0.1) is 11.3 Å². The van der Waals surface area contributed by atoms with Gasteiger partial charge in [0.05, 0.1) is 30.1 Å². The first-order valence-corrected chi connectivity index (χ1v) is 18.1. The maximum Gasteiger partial charge on any atom is 0.247 e. The summed E-state index contributed by atoms with van der Waals surface area (Å²) in [6, 6.07) is 4.97. The van der Waals surface area contributed by atoms with Crippen molar-refractivity contribution in [3.8, 4) is 17.2 Å². The van der Waals surface area contributed by atoms with Crippen molar-refractivity contribution in [2.75, 3.05) is 46.1 Å². The van der Waals surface area contributed by atoms with Gasteiger partial charge >= 0.3 is 0 Å². The molecule has 9 nitrogen and oxygen atoms in total. The molecule has 2 aromatic carbocycles. The van der Waals surface area contributed by atoms with Gasteiger partial charge in [-0.3, -0.25) is 9.79 Å². The van der Waals surface area contributed by atoms with Crippen molar-refractivity contribution >= 4 is 38.2 Å². The Bertz CT molecular complexity index is 1870. The zero-order chi connectivity index (χ0) is 35.0. The lowest BCUT2D eigenvalue weighted by atomic mass is 9.82. The highest BCUT2D eigenvalue weighted by Crippen LogP contribution is 2.46. The number of carbonyl (C=O) groups excluding carboxylic acids is 1. The Morgan fingerprint density at radius 1 is 1.29 bits per heavy atom. The van der Waals surface area contributed by atoms with Gasteiger partial charge in [0.1, 0.15) is 34.6 Å². The minimum Gasteiger partial charge on any atom is -0.389 e. The van der Waals surface area contributed by atoms with Crippen molar-refractivity contribution in [3.05, 3.63) is 63.2 Å². The summed E-state index contributed by atoms with van der Waals surface area (Å²) >= 11 is 1.11. The maximum atomic E-state index is 15.2. The van der Waals surface area contributed by atoms with Gasteiger partial charge in [0, 0.05) is 50.7 Å². The van der Waals surface area contributed by atoms with Crippen LogP contribution in [0.15, 0.2) is 29.0 Å². The van der Waals surface area contributed by atoms with Gasteiger partial charge in [-0.2, -0.15) is 5.26 Å². The number of hydrogen-bond donors (Lipinski definition) is 2. The molecule has 3 N–H and O–H groups in total. The summed E-state index contributed by atoms with van der Waals surface area (Å²) in [7, 11) is 3.60. The second-order valence-corrected chi connectivity index (χ2v) is 14.6. The van der Waals surface area contributed by atoms with E-state index in [1.165, 1.54) is 6.07 Å². The minimum atomic E-state index is -0.506. The first-order chi connectivity index (χ1) is 23.6. The van der Waals surface area contributed by atoms with Gasteiger partial charge in [0.25, 0.3) is 0 Å². The number of carbonyl (C=O) groups is 1. The number of anilines is 1. The molecule has 0 radical (unpaired) electrons. The van der Waals surface area contributed by atoms with Crippen molar-refractivity contribution in [1.29, 1.82) is 5.26 Å². The number of hydrogen-bond acceptors (Lipinski definition) is 8. The summed E-state index contributed by atoms with van der Waals surface area (Å²) in [6.07, 6.45) is 5.27. The average Bonchev–Trinajstić information content (AvgIpc) is 3.80. The van der Waals surface area contributed by atoms with E-state index in [-0.39, 0.29) is 5.91 Å². The number of nitrogens with two attached hydrogens (primary N) is 1. The summed E-state index contributed by atoms with van der Waals surface area (Å²) in [5, 5.41) is 14.7. The zero-order valence-electron chi connectivity index (χ0n) is 29.4. The van der Waals surface area contributed by atoms with Crippen LogP contribution >= 0.6 is 11.3 Å². The van der Waals surface area contributed by atoms with Crippen molar-refractivity contribution in [2.24, 2.45) is 16.8 Å². The fourth-order valence-corrected chi connectivity index (χ4v) is 8.85. The Labute approximate surface area is 292 Å². The summed E-state index contributed by atoms with van der Waals surface area (Å²) in [5.41, 5.74) is 13.3. The Kier molecular flexibility index (Phi) is 10.3. The van der Waals surface area contributed by atoms with Crippen LogP contribution in [0.3, 0.4) is 0 Å². The van der Waals surface area contributed by atoms with Crippen molar-refractivity contribution in [3.63, 3.8) is 0 Å². The lowest BCUT2D eigenvalue weighted by Crippen LogP contribution is -2.43. The van der Waals surface area contributed by atoms with Gasteiger partial charge in [-0.25, -0.2) is 4.39 Å². The van der Waals surface area contributed by atoms with Gasteiger partial charge in [-0.1, -0.05) is 26.8 Å². The molecule has 3 atom stereocenters. The molecule has 4 heterocycles. The van der Waals surface area contributed by atoms with Crippen molar-refractivity contribution in [2.45, 2.75) is 72.6 Å². The molecule has 3 aliphatic heterocycles. The summed E-state index contributed by atoms with van der Waals surface area (Å²) < 4.78 is 27.3. The highest BCUT2D eigenvalue weighted by Gasteiger charge is 2.35. The Hall–Kier alpha value is -3.98. The number of likely N-dealkylation sites (N-methyl/N-ethyl adjacent to an activating group) is 1. The molecule has 3 aromatic rings. The number of benzene rings is 2. The van der Waals surface area contributed by atoms with Crippen LogP contribution in [0.25, 0.3) is 21.2 Å². The van der Waals surface area contributed by atoms with E-state index in [1.54, 1.807) is 18.1 Å². The van der Waals surface area contributed by atoms with Crippen LogP contribution in [0.2, 0.25) is 0 Å². The quantitative estimate of drug-likeness (QED) is 0.195. The molecule has 3 aliphatic rings. The molecule has 49 heavy (non-hydrogen) atoms. The highest BCUT2D eigenvalue weighted by molar-refractivity contribution is 7.23. The van der Waals surface area contributed by atoms with E-state index < -0.39 is 11.9 Å². The largest absolute Gasteiger partial charge is 0.389 e. The fraction of sp³-hybridized carbons (Fsp3) is 0.500. The molecule has 2 saturated heterocycles. The van der Waals surface area contributed by atoms with Crippen LogP contribution in [0.5, 0.6) is 0 Å². The second kappa shape index (κ2) is 14.5. The number of nitrogens with one attached hydrogen (secondary N) is 1. The van der Waals surface area contributed by atoms with E-state index in [4.69, 9.17) is 20.2 Å². The third-order valence-electron chi connectivity index (χ3n) is 10.4. The van der Waals surface area contributed by atoms with E-state index in [2.05, 4.69) is 50.1 Å². The first-order valence-electron chi connectivity index (χ1n) is 17.3. The fourth-order valence-electron chi connectivity index (χ4n) is 7.90. The number of nitrogens with zero attached hydrogens (tertiary/aromatic N) is 4. The number of halogens is 1. The molecule has 0 aliphatic carbocycles. The SMILES string of the molecule is CC/C=C(/NC(=NC1CCCN(C)C1=O)c1c(C)c(CC)c(-c2ccc(F)c3sc(N)c(C#N)c23)c2c1COC2)N1CC(C)C(COC)C1. The zero-order valence-corrected chi connectivity index (χ0v) is 30.2. The van der Waals surface area contributed by atoms with E-state index in [0.29, 0.717) is 71.0 Å². The molecule has 1 aromatic heterocycles. The van der Waals surface area contributed by atoms with Crippen LogP contribution in [0.4, 0.5) is 9.39 Å². The third kappa shape index (κ3) is 6.31. The van der Waals surface area contributed by atoms with Crippen LogP contribution in [-0.2, 0) is 33.9 Å². The molecular weight excluding hydrogens is 640 g/mol. The molecular formula is C38H47FN6O3S. The Morgan fingerprint density at radius 2 is 2.06 bits per heavy atom. The van der Waals surface area contributed by atoms with Crippen molar-refractivity contribution < 1.29 is 18.7 Å². The lowest BCUT2D eigenvalue weighted by molar-refractivity contribution is -0.133. The normalized spacial score (nSPS) is 21.5. The number of nitrogen functional groups attached to an aromatic ring is 1. The average molecular weight is 687 g/mol. The Balaban J connectivity index is 1.56. The van der Waals surface area contributed by atoms with Crippen LogP contribution in [0, 0.1) is 35.9 Å². The number of ether oxygens (including phenoxy) is 2. The third-order valence-corrected chi connectivity index (χ3v) is 11.5. The highest BCUT2D eigenvalue weighted by atomic mass is 32.1. The number of allylic oxidation sites excluding steroid dienone is 1. The summed E-state index contributed by atoms with van der Waals surface area (Å²) in [6.45, 7) is 12.5. The Morgan fingerprint density at radius 3 is 2.78 bits per heavy atom. The topological polar surface area (TPSA) is 116 Å². The molecule has 2 fully saturated rings. The van der Waals surface area contributed by atoms with Crippen molar-refractivity contribution in [1.82, 2.24) is 15.1 Å². The number of piperidine rings is 1. The molecule has 6 rings (SSSR count). The van der Waals surface area contributed by atoms with Gasteiger partial charge < -0.3 is 30.3 Å². The van der Waals surface area contributed by atoms with Gasteiger partial charge in [0.2, 0.25) is 5.91 Å². The van der Waals surface area contributed by atoms with E-state index >= 15 is 4.39 Å². The van der Waals surface area contributed by atoms with E-state index in [0.717, 1.165) is 88.6 Å². The number of nitriles is 1. The number of amides is 1. The molecule has 11 heteroatoms. The van der Waals surface area contributed by atoms with E-state index in [9.17, 15) is 10.1 Å². The number of aliphatic imine (C=N–C) groups is 1. The first kappa shape index (κ1) is 34.9. The summed E-state index contributed by atoms with van der Waals surface area (Å²) in [4.78, 5) is 22.9. The molecule has 0 bridgehead atoms. The molecule has 0 saturated carbocycles. The van der Waals surface area contributed by atoms with Crippen LogP contribution in [0.1, 0.15) is 73.4 Å². The van der Waals surface area contributed by atoms with Gasteiger partial charge in [0.15, 0.2) is 0 Å². The number of likely N-dealkylation sites (tertiary alicyclic amines) is 2. The predicted molar refractivity (Wildman–Crippen MR) is 194 cm³/mol. The van der Waals surface area contributed by atoms with Crippen LogP contribution < -0.4 is 11.1 Å². The maximum absolute atomic E-state index is 15.2. The van der Waals surface area contributed by atoms with E-state index in [1.807, 2.05) is 7.05 Å². The monoisotopic (exact) mass is 686 g/mol. The predicted octanol–water partition coefficient (Wildman–Crippen LogP) is 6.49. The standard InChI is InChI=1S/C38H47FN6O3S/c1-7-10-31(45-16-21(3)23(17-45)18-47-6)43-37(42-30-11-9-14-44(5)38(30)46)32-22(4)24(8-2)33(28-20-48-19-27(28)32)25-12-13-29(39)35-34(25)26(15-40)36(41)49-35/h10,12-13,21,23,30H,7-9,11,14,16-20,41H2,1-6H3,(H,42,43)/b31-10-. The lowest BCUT2D eigenvalue weighted by Gasteiger charge is -2.30. The van der Waals surface area contributed by atoms with Crippen LogP contribution in [-0.4, -0.2) is 68.0 Å². The van der Waals surface area contributed by atoms with Gasteiger partial charge in [-0.05, 0) is 84.0 Å². The number of fused-ring (bicyclic) bond motifs is 2. The molecule has 0 spiro atoms. The molecule has 1 amide bonds. The number of methoxy groups -OCH3 is 1. The summed E-state index contributed by atoms with van der Waals surface area (Å²) in [5.74, 6) is 2.13. The number of amidine groups is 1. The molecule has 260 valence electrons.